The first kappa shape index (κ1) is 21.2. The molecule has 0 aliphatic rings. The van der Waals surface area contributed by atoms with E-state index in [0.29, 0.717) is 23.8 Å². The number of nitrogens with one attached hydrogen (secondary N) is 3. The van der Waals surface area contributed by atoms with Crippen LogP contribution in [0.2, 0.25) is 0 Å². The summed E-state index contributed by atoms with van der Waals surface area (Å²) in [5, 5.41) is 17.1. The molecule has 0 saturated carbocycles. The van der Waals surface area contributed by atoms with Crippen LogP contribution in [0.25, 0.3) is 5.65 Å². The molecule has 0 atom stereocenters. The molecule has 0 aliphatic carbocycles. The molecule has 0 radical (unpaired) electrons. The second-order valence-electron chi connectivity index (χ2n) is 5.60. The Labute approximate surface area is 179 Å². The van der Waals surface area contributed by atoms with E-state index in [0.717, 1.165) is 11.5 Å². The van der Waals surface area contributed by atoms with Crippen molar-refractivity contribution >= 4 is 47.2 Å². The minimum atomic E-state index is -0.208. The number of hydrogen-bond acceptors (Lipinski definition) is 4. The number of anilines is 1. The summed E-state index contributed by atoms with van der Waals surface area (Å²) < 4.78 is 1.88. The monoisotopic (exact) mass is 489 g/mol. The summed E-state index contributed by atoms with van der Waals surface area (Å²) in [5.74, 6) is 3.55. The van der Waals surface area contributed by atoms with E-state index in [-0.39, 0.29) is 36.4 Å². The Morgan fingerprint density at radius 3 is 2.86 bits per heavy atom. The maximum Gasteiger partial charge on any atom is 0.243 e. The minimum absolute atomic E-state index is 0. The van der Waals surface area contributed by atoms with Gasteiger partial charge in [0.05, 0.1) is 13.1 Å². The van der Waals surface area contributed by atoms with Crippen LogP contribution in [-0.2, 0) is 11.3 Å². The lowest BCUT2D eigenvalue weighted by molar-refractivity contribution is -0.115. The number of guanidine groups is 1. The maximum atomic E-state index is 12.1. The normalized spacial score (nSPS) is 10.6. The molecule has 1 aromatic carbocycles. The molecule has 2 heterocycles. The van der Waals surface area contributed by atoms with Crippen molar-refractivity contribution in [2.24, 2.45) is 4.99 Å². The molecule has 0 spiro atoms. The first-order valence-corrected chi connectivity index (χ1v) is 8.29. The lowest BCUT2D eigenvalue weighted by Crippen LogP contribution is -2.41. The number of terminal acetylenes is 1. The number of nitrogens with zero attached hydrogens (tertiary/aromatic N) is 4. The van der Waals surface area contributed by atoms with Crippen LogP contribution < -0.4 is 16.0 Å². The number of halogens is 1. The van der Waals surface area contributed by atoms with Gasteiger partial charge in [0.1, 0.15) is 0 Å². The van der Waals surface area contributed by atoms with Crippen molar-refractivity contribution in [1.29, 1.82) is 0 Å². The zero-order valence-electron chi connectivity index (χ0n) is 15.2. The van der Waals surface area contributed by atoms with Gasteiger partial charge in [0.15, 0.2) is 17.4 Å². The highest BCUT2D eigenvalue weighted by molar-refractivity contribution is 14.0. The molecule has 0 unspecified atom stereocenters. The first-order chi connectivity index (χ1) is 13.2. The summed E-state index contributed by atoms with van der Waals surface area (Å²) in [6.45, 7) is 0.469. The smallest absolute Gasteiger partial charge is 0.243 e. The van der Waals surface area contributed by atoms with Crippen LogP contribution in [0.5, 0.6) is 0 Å². The van der Waals surface area contributed by atoms with Crippen molar-refractivity contribution in [3.8, 4) is 12.3 Å². The molecule has 3 aromatic rings. The number of aromatic nitrogens is 3. The third-order valence-electron chi connectivity index (χ3n) is 3.75. The molecule has 144 valence electrons. The van der Waals surface area contributed by atoms with Gasteiger partial charge in [-0.2, -0.15) is 0 Å². The average Bonchev–Trinajstić information content (AvgIpc) is 3.11. The lowest BCUT2D eigenvalue weighted by Gasteiger charge is -2.11. The summed E-state index contributed by atoms with van der Waals surface area (Å²) in [4.78, 5) is 16.2. The van der Waals surface area contributed by atoms with E-state index in [9.17, 15) is 4.79 Å². The molecular weight excluding hydrogens is 469 g/mol. The molecule has 3 N–H and O–H groups in total. The molecule has 1 amide bonds. The van der Waals surface area contributed by atoms with Gasteiger partial charge in [0, 0.05) is 24.5 Å². The molecule has 9 heteroatoms. The molecule has 2 aromatic heterocycles. The van der Waals surface area contributed by atoms with Gasteiger partial charge in [0.25, 0.3) is 0 Å². The third kappa shape index (κ3) is 5.43. The number of amides is 1. The molecule has 0 bridgehead atoms. The number of hydrogen-bond donors (Lipinski definition) is 3. The number of carbonyl (C=O) groups excluding carboxylic acids is 1. The first-order valence-electron chi connectivity index (χ1n) is 8.29. The second kappa shape index (κ2) is 10.3. The van der Waals surface area contributed by atoms with Gasteiger partial charge in [-0.1, -0.05) is 18.1 Å². The predicted molar refractivity (Wildman–Crippen MR) is 120 cm³/mol. The Morgan fingerprint density at radius 1 is 1.21 bits per heavy atom. The van der Waals surface area contributed by atoms with E-state index in [4.69, 9.17) is 6.42 Å². The summed E-state index contributed by atoms with van der Waals surface area (Å²) in [7, 11) is 1.63. The van der Waals surface area contributed by atoms with Crippen LogP contribution in [0.4, 0.5) is 5.69 Å². The lowest BCUT2D eigenvalue weighted by atomic mass is 10.2. The zero-order valence-corrected chi connectivity index (χ0v) is 17.5. The Balaban J connectivity index is 0.00000280. The van der Waals surface area contributed by atoms with Crippen molar-refractivity contribution in [3.63, 3.8) is 0 Å². The second-order valence-corrected chi connectivity index (χ2v) is 5.60. The maximum absolute atomic E-state index is 12.1. The van der Waals surface area contributed by atoms with Crippen LogP contribution in [0.1, 0.15) is 11.4 Å². The number of aliphatic imine (C=N–C) groups is 1. The van der Waals surface area contributed by atoms with E-state index in [1.165, 1.54) is 0 Å². The molecule has 3 rings (SSSR count). The number of carbonyl (C=O) groups is 1. The molecule has 0 saturated heterocycles. The van der Waals surface area contributed by atoms with Crippen molar-refractivity contribution in [2.45, 2.75) is 6.54 Å². The van der Waals surface area contributed by atoms with Gasteiger partial charge in [0.2, 0.25) is 5.91 Å². The summed E-state index contributed by atoms with van der Waals surface area (Å²) in [5.41, 5.74) is 2.12. The van der Waals surface area contributed by atoms with Crippen LogP contribution in [0.3, 0.4) is 0 Å². The molecule has 0 fully saturated rings. The van der Waals surface area contributed by atoms with Crippen molar-refractivity contribution in [1.82, 2.24) is 25.2 Å². The van der Waals surface area contributed by atoms with Crippen molar-refractivity contribution in [2.75, 3.05) is 18.9 Å². The zero-order chi connectivity index (χ0) is 19.1. The molecule has 8 nitrogen and oxygen atoms in total. The van der Waals surface area contributed by atoms with Crippen LogP contribution in [0, 0.1) is 12.3 Å². The van der Waals surface area contributed by atoms with Gasteiger partial charge in [-0.3, -0.25) is 14.2 Å². The summed E-state index contributed by atoms with van der Waals surface area (Å²) in [6, 6.07) is 12.8. The number of pyridine rings is 1. The van der Waals surface area contributed by atoms with Crippen molar-refractivity contribution in [3.05, 3.63) is 60.0 Å². The molecule has 28 heavy (non-hydrogen) atoms. The Hall–Kier alpha value is -3.13. The van der Waals surface area contributed by atoms with Gasteiger partial charge in [-0.25, -0.2) is 0 Å². The number of fused-ring (bicyclic) bond motifs is 1. The Kier molecular flexibility index (Phi) is 7.76. The summed E-state index contributed by atoms with van der Waals surface area (Å²) >= 11 is 0. The van der Waals surface area contributed by atoms with E-state index >= 15 is 0 Å². The Bertz CT molecular complexity index is 1020. The minimum Gasteiger partial charge on any atom is -0.349 e. The van der Waals surface area contributed by atoms with Gasteiger partial charge in [-0.05, 0) is 30.3 Å². The highest BCUT2D eigenvalue weighted by atomic mass is 127. The standard InChI is InChI=1S/C19H19N7O.HI/c1-3-14-7-6-8-15(11-14)23-18(27)13-22-19(20-2)21-12-17-25-24-16-9-4-5-10-26(16)17;/h1,4-11H,12-13H2,2H3,(H,23,27)(H2,20,21,22);1H. The van der Waals surface area contributed by atoms with E-state index < -0.39 is 0 Å². The Morgan fingerprint density at radius 2 is 2.07 bits per heavy atom. The van der Waals surface area contributed by atoms with Crippen molar-refractivity contribution < 1.29 is 4.79 Å². The largest absolute Gasteiger partial charge is 0.349 e. The van der Waals surface area contributed by atoms with E-state index in [1.807, 2.05) is 28.8 Å². The fraction of sp³-hybridized carbons (Fsp3) is 0.158. The SMILES string of the molecule is C#Cc1cccc(NC(=O)CNC(=NC)NCc2nnc3ccccn23)c1.I. The molecule has 0 aliphatic heterocycles. The van der Waals surface area contributed by atoms with Gasteiger partial charge in [-0.15, -0.1) is 40.6 Å². The molecular formula is C19H20IN7O. The quantitative estimate of drug-likeness (QED) is 0.219. The van der Waals surface area contributed by atoms with E-state index in [1.54, 1.807) is 31.3 Å². The average molecular weight is 489 g/mol. The summed E-state index contributed by atoms with van der Waals surface area (Å²) in [6.07, 6.45) is 7.25. The third-order valence-corrected chi connectivity index (χ3v) is 3.75. The topological polar surface area (TPSA) is 95.7 Å². The van der Waals surface area contributed by atoms with Crippen LogP contribution in [0.15, 0.2) is 53.7 Å². The fourth-order valence-corrected chi connectivity index (χ4v) is 2.45. The predicted octanol–water partition coefficient (Wildman–Crippen LogP) is 1.63. The van der Waals surface area contributed by atoms with E-state index in [2.05, 4.69) is 37.1 Å². The van der Waals surface area contributed by atoms with Gasteiger partial charge < -0.3 is 16.0 Å². The van der Waals surface area contributed by atoms with Crippen LogP contribution in [-0.4, -0.2) is 40.1 Å². The van der Waals surface area contributed by atoms with Crippen LogP contribution >= 0.6 is 24.0 Å². The highest BCUT2D eigenvalue weighted by Crippen LogP contribution is 2.09. The number of benzene rings is 1. The number of rotatable bonds is 5. The fourth-order valence-electron chi connectivity index (χ4n) is 2.45. The highest BCUT2D eigenvalue weighted by Gasteiger charge is 2.07. The van der Waals surface area contributed by atoms with Gasteiger partial charge >= 0.3 is 0 Å².